The van der Waals surface area contributed by atoms with Crippen LogP contribution in [0.15, 0.2) is 0 Å². The molecule has 12 heavy (non-hydrogen) atoms. The molecule has 1 fully saturated rings. The molecule has 0 aliphatic heterocycles. The number of hydrogen-bond acceptors (Lipinski definition) is 1. The summed E-state index contributed by atoms with van der Waals surface area (Å²) in [5.74, 6) is 0.375. The van der Waals surface area contributed by atoms with Crippen LogP contribution < -0.4 is 0 Å². The molecule has 0 spiro atoms. The van der Waals surface area contributed by atoms with Crippen LogP contribution in [0.3, 0.4) is 0 Å². The van der Waals surface area contributed by atoms with Gasteiger partial charge in [-0.2, -0.15) is 5.26 Å². The molecule has 0 aromatic rings. The van der Waals surface area contributed by atoms with Crippen LogP contribution in [0.25, 0.3) is 0 Å². The number of rotatable bonds is 0. The van der Waals surface area contributed by atoms with Crippen LogP contribution >= 0.6 is 0 Å². The summed E-state index contributed by atoms with van der Waals surface area (Å²) < 4.78 is 0. The first-order valence-corrected chi connectivity index (χ1v) is 4.33. The Labute approximate surface area is 77.8 Å². The third-order valence-corrected chi connectivity index (χ3v) is 2.29. The molecule has 0 heterocycles. The van der Waals surface area contributed by atoms with Gasteiger partial charge < -0.3 is 0 Å². The van der Waals surface area contributed by atoms with Gasteiger partial charge in [-0.1, -0.05) is 47.0 Å². The van der Waals surface area contributed by atoms with Crippen LogP contribution in [-0.2, 0) is 0 Å². The topological polar surface area (TPSA) is 23.8 Å². The largest absolute Gasteiger partial charge is 0.198 e. The molecule has 1 aliphatic carbocycles. The Morgan fingerprint density at radius 1 is 0.833 bits per heavy atom. The van der Waals surface area contributed by atoms with E-state index in [0.717, 1.165) is 12.8 Å². The van der Waals surface area contributed by atoms with E-state index in [2.05, 4.69) is 6.07 Å². The fraction of sp³-hybridized carbons (Fsp3) is 0.909. The van der Waals surface area contributed by atoms with Crippen molar-refractivity contribution >= 4 is 0 Å². The minimum Gasteiger partial charge on any atom is -0.198 e. The molecule has 0 atom stereocenters. The highest BCUT2D eigenvalue weighted by atomic mass is 14.3. The summed E-state index contributed by atoms with van der Waals surface area (Å²) in [6, 6.07) is 2.37. The van der Waals surface area contributed by atoms with Gasteiger partial charge >= 0.3 is 0 Å². The van der Waals surface area contributed by atoms with Crippen LogP contribution in [-0.4, -0.2) is 0 Å². The highest BCUT2D eigenvalue weighted by Crippen LogP contribution is 2.20. The first-order chi connectivity index (χ1) is 4.93. The van der Waals surface area contributed by atoms with Crippen LogP contribution in [0.5, 0.6) is 0 Å². The lowest BCUT2D eigenvalue weighted by Crippen LogP contribution is -2.00. The van der Waals surface area contributed by atoms with Crippen molar-refractivity contribution in [2.75, 3.05) is 0 Å². The molecule has 1 saturated carbocycles. The van der Waals surface area contributed by atoms with E-state index in [1.165, 1.54) is 32.1 Å². The van der Waals surface area contributed by atoms with Gasteiger partial charge in [0.05, 0.1) is 6.07 Å². The molecule has 1 aliphatic rings. The Bertz CT molecular complexity index is 115. The molecule has 0 radical (unpaired) electrons. The second-order valence-corrected chi connectivity index (χ2v) is 3.17. The molecule has 0 aromatic heterocycles. The van der Waals surface area contributed by atoms with Crippen molar-refractivity contribution in [3.63, 3.8) is 0 Å². The minimum atomic E-state index is 0. The van der Waals surface area contributed by atoms with Crippen LogP contribution in [0.1, 0.15) is 59.8 Å². The van der Waals surface area contributed by atoms with E-state index >= 15 is 0 Å². The molecule has 1 rings (SSSR count). The maximum atomic E-state index is 8.66. The molecule has 0 bridgehead atoms. The summed E-state index contributed by atoms with van der Waals surface area (Å²) in [7, 11) is 0. The monoisotopic (exact) mass is 169 g/mol. The van der Waals surface area contributed by atoms with E-state index in [1.807, 2.05) is 0 Å². The molecule has 0 unspecified atom stereocenters. The first-order valence-electron chi connectivity index (χ1n) is 4.33. The van der Waals surface area contributed by atoms with Crippen molar-refractivity contribution in [3.8, 4) is 6.07 Å². The average Bonchev–Trinajstić information content (AvgIpc) is 1.87. The standard InChI is InChI=1S/C9H15N.2CH4/c10-8-9-6-4-2-1-3-5-7-9;;/h9H,1-7H2;2*1H4. The smallest absolute Gasteiger partial charge is 0.0655 e. The second kappa shape index (κ2) is 8.59. The third kappa shape index (κ3) is 5.18. The fourth-order valence-electron chi connectivity index (χ4n) is 1.59. The maximum Gasteiger partial charge on any atom is 0.0655 e. The van der Waals surface area contributed by atoms with Gasteiger partial charge in [0, 0.05) is 5.92 Å². The quantitative estimate of drug-likeness (QED) is 0.534. The minimum absolute atomic E-state index is 0. The van der Waals surface area contributed by atoms with Gasteiger partial charge in [0.2, 0.25) is 0 Å². The van der Waals surface area contributed by atoms with E-state index < -0.39 is 0 Å². The van der Waals surface area contributed by atoms with Gasteiger partial charge in [-0.25, -0.2) is 0 Å². The molecular formula is C11H23N. The molecule has 0 N–H and O–H groups in total. The average molecular weight is 169 g/mol. The van der Waals surface area contributed by atoms with E-state index in [9.17, 15) is 0 Å². The Balaban J connectivity index is 0. The predicted octanol–water partition coefficient (Wildman–Crippen LogP) is 4.14. The van der Waals surface area contributed by atoms with Crippen LogP contribution in [0, 0.1) is 17.2 Å². The lowest BCUT2D eigenvalue weighted by molar-refractivity contribution is 0.441. The Morgan fingerprint density at radius 2 is 1.25 bits per heavy atom. The molecule has 0 aromatic carbocycles. The molecule has 0 amide bonds. The zero-order chi connectivity index (χ0) is 7.23. The SMILES string of the molecule is C.C.N#CC1CCCCCCC1. The van der Waals surface area contributed by atoms with Crippen LogP contribution in [0.4, 0.5) is 0 Å². The molecule has 0 saturated heterocycles. The van der Waals surface area contributed by atoms with Crippen molar-refractivity contribution < 1.29 is 0 Å². The zero-order valence-electron chi connectivity index (χ0n) is 6.47. The van der Waals surface area contributed by atoms with Gasteiger partial charge in [-0.15, -0.1) is 0 Å². The highest BCUT2D eigenvalue weighted by molar-refractivity contribution is 4.82. The summed E-state index contributed by atoms with van der Waals surface area (Å²) in [5, 5.41) is 8.66. The van der Waals surface area contributed by atoms with Crippen molar-refractivity contribution in [1.82, 2.24) is 0 Å². The van der Waals surface area contributed by atoms with Crippen LogP contribution in [0.2, 0.25) is 0 Å². The number of hydrogen-bond donors (Lipinski definition) is 0. The second-order valence-electron chi connectivity index (χ2n) is 3.17. The Kier molecular flexibility index (Phi) is 10.0. The predicted molar refractivity (Wildman–Crippen MR) is 54.9 cm³/mol. The van der Waals surface area contributed by atoms with E-state index in [1.54, 1.807) is 0 Å². The maximum absolute atomic E-state index is 8.66. The Morgan fingerprint density at radius 3 is 1.67 bits per heavy atom. The molecule has 72 valence electrons. The summed E-state index contributed by atoms with van der Waals surface area (Å²) in [5.41, 5.74) is 0. The molecule has 1 heteroatoms. The molecular weight excluding hydrogens is 146 g/mol. The van der Waals surface area contributed by atoms with E-state index in [-0.39, 0.29) is 14.9 Å². The van der Waals surface area contributed by atoms with Crippen molar-refractivity contribution in [2.45, 2.75) is 59.8 Å². The fourth-order valence-corrected chi connectivity index (χ4v) is 1.59. The highest BCUT2D eigenvalue weighted by Gasteiger charge is 2.08. The zero-order valence-corrected chi connectivity index (χ0v) is 6.47. The van der Waals surface area contributed by atoms with E-state index in [0.29, 0.717) is 5.92 Å². The summed E-state index contributed by atoms with van der Waals surface area (Å²) in [6.07, 6.45) is 8.93. The summed E-state index contributed by atoms with van der Waals surface area (Å²) in [4.78, 5) is 0. The van der Waals surface area contributed by atoms with Gasteiger partial charge in [0.25, 0.3) is 0 Å². The summed E-state index contributed by atoms with van der Waals surface area (Å²) in [6.45, 7) is 0. The summed E-state index contributed by atoms with van der Waals surface area (Å²) >= 11 is 0. The van der Waals surface area contributed by atoms with Crippen molar-refractivity contribution in [2.24, 2.45) is 5.92 Å². The van der Waals surface area contributed by atoms with Crippen molar-refractivity contribution in [3.05, 3.63) is 0 Å². The third-order valence-electron chi connectivity index (χ3n) is 2.29. The normalized spacial score (nSPS) is 18.9. The lowest BCUT2D eigenvalue weighted by Gasteiger charge is -2.11. The number of nitriles is 1. The first kappa shape index (κ1) is 14.0. The van der Waals surface area contributed by atoms with Gasteiger partial charge in [-0.05, 0) is 12.8 Å². The van der Waals surface area contributed by atoms with Gasteiger partial charge in [-0.3, -0.25) is 0 Å². The lowest BCUT2D eigenvalue weighted by atomic mass is 9.92. The number of nitrogens with zero attached hydrogens (tertiary/aromatic N) is 1. The van der Waals surface area contributed by atoms with Gasteiger partial charge in [0.15, 0.2) is 0 Å². The van der Waals surface area contributed by atoms with Gasteiger partial charge in [0.1, 0.15) is 0 Å². The van der Waals surface area contributed by atoms with E-state index in [4.69, 9.17) is 5.26 Å². The molecule has 1 nitrogen and oxygen atoms in total. The van der Waals surface area contributed by atoms with Crippen molar-refractivity contribution in [1.29, 1.82) is 5.26 Å². The Hall–Kier alpha value is -0.510.